The molecule has 1 fully saturated rings. The van der Waals surface area contributed by atoms with Crippen molar-refractivity contribution in [2.24, 2.45) is 11.7 Å². The van der Waals surface area contributed by atoms with Gasteiger partial charge in [0.05, 0.1) is 0 Å². The maximum absolute atomic E-state index is 6.09. The van der Waals surface area contributed by atoms with Crippen molar-refractivity contribution < 1.29 is 4.74 Å². The van der Waals surface area contributed by atoms with E-state index < -0.39 is 0 Å². The van der Waals surface area contributed by atoms with Gasteiger partial charge < -0.3 is 10.5 Å². The smallest absolute Gasteiger partial charge is 0.0474 e. The zero-order valence-corrected chi connectivity index (χ0v) is 11.9. The fourth-order valence-corrected chi connectivity index (χ4v) is 3.08. The molecule has 0 amide bonds. The first-order chi connectivity index (χ1) is 8.18. The second kappa shape index (κ2) is 7.34. The lowest BCUT2D eigenvalue weighted by molar-refractivity contribution is 0.0416. The molecule has 0 aromatic rings. The Kier molecular flexibility index (Phi) is 6.45. The van der Waals surface area contributed by atoms with Crippen LogP contribution in [0.1, 0.15) is 46.0 Å². The predicted molar refractivity (Wildman–Crippen MR) is 73.2 cm³/mol. The Morgan fingerprint density at radius 1 is 1.35 bits per heavy atom. The molecule has 3 nitrogen and oxygen atoms in total. The fourth-order valence-electron chi connectivity index (χ4n) is 3.08. The topological polar surface area (TPSA) is 38.5 Å². The lowest BCUT2D eigenvalue weighted by atomic mass is 9.76. The Bertz CT molecular complexity index is 200. The highest BCUT2D eigenvalue weighted by molar-refractivity contribution is 4.95. The maximum Gasteiger partial charge on any atom is 0.0474 e. The number of nitrogens with two attached hydrogens (primary N) is 1. The van der Waals surface area contributed by atoms with Gasteiger partial charge in [-0.25, -0.2) is 0 Å². The summed E-state index contributed by atoms with van der Waals surface area (Å²) in [5.41, 5.74) is 6.36. The number of nitrogens with zero attached hydrogens (tertiary/aromatic N) is 1. The van der Waals surface area contributed by atoms with E-state index in [1.54, 1.807) is 7.11 Å². The second-order valence-corrected chi connectivity index (χ2v) is 5.54. The minimum atomic E-state index is 0.273. The van der Waals surface area contributed by atoms with Crippen LogP contribution in [-0.2, 0) is 4.74 Å². The van der Waals surface area contributed by atoms with Crippen molar-refractivity contribution in [1.29, 1.82) is 0 Å². The van der Waals surface area contributed by atoms with Crippen LogP contribution in [0.25, 0.3) is 0 Å². The summed E-state index contributed by atoms with van der Waals surface area (Å²) in [6, 6.07) is 0. The van der Waals surface area contributed by atoms with Crippen molar-refractivity contribution in [3.05, 3.63) is 0 Å². The van der Waals surface area contributed by atoms with Crippen molar-refractivity contribution in [3.63, 3.8) is 0 Å². The summed E-state index contributed by atoms with van der Waals surface area (Å²) in [7, 11) is 1.78. The molecule has 17 heavy (non-hydrogen) atoms. The molecule has 0 radical (unpaired) electrons. The maximum atomic E-state index is 6.09. The number of rotatable bonds is 7. The summed E-state index contributed by atoms with van der Waals surface area (Å²) in [6.07, 6.45) is 6.31. The van der Waals surface area contributed by atoms with Gasteiger partial charge in [-0.2, -0.15) is 0 Å². The molecular weight excluding hydrogens is 212 g/mol. The quantitative estimate of drug-likeness (QED) is 0.696. The van der Waals surface area contributed by atoms with Gasteiger partial charge in [-0.1, -0.05) is 13.8 Å². The highest BCUT2D eigenvalue weighted by atomic mass is 16.5. The molecule has 0 bridgehead atoms. The van der Waals surface area contributed by atoms with Crippen LogP contribution in [0, 0.1) is 5.92 Å². The zero-order chi connectivity index (χ0) is 12.7. The van der Waals surface area contributed by atoms with Crippen molar-refractivity contribution in [2.45, 2.75) is 51.5 Å². The molecule has 0 aromatic heterocycles. The predicted octanol–water partition coefficient (Wildman–Crippen LogP) is 2.25. The highest BCUT2D eigenvalue weighted by Gasteiger charge is 2.37. The van der Waals surface area contributed by atoms with Gasteiger partial charge in [0.25, 0.3) is 0 Å². The Morgan fingerprint density at radius 3 is 2.47 bits per heavy atom. The molecule has 0 atom stereocenters. The number of methoxy groups -OCH3 is 1. The zero-order valence-electron chi connectivity index (χ0n) is 11.9. The molecule has 0 unspecified atom stereocenters. The average molecular weight is 242 g/mol. The van der Waals surface area contributed by atoms with Crippen LogP contribution < -0.4 is 5.73 Å². The Hall–Kier alpha value is -0.120. The summed E-state index contributed by atoms with van der Waals surface area (Å²) >= 11 is 0. The molecule has 0 saturated heterocycles. The van der Waals surface area contributed by atoms with E-state index in [-0.39, 0.29) is 5.54 Å². The SMILES string of the molecule is CCN(CCCOC)C1(CN)CCC(C)CC1. The van der Waals surface area contributed by atoms with E-state index in [1.165, 1.54) is 25.7 Å². The van der Waals surface area contributed by atoms with E-state index >= 15 is 0 Å². The van der Waals surface area contributed by atoms with Crippen LogP contribution in [0.2, 0.25) is 0 Å². The summed E-state index contributed by atoms with van der Waals surface area (Å²) in [5.74, 6) is 0.882. The molecule has 3 heteroatoms. The minimum Gasteiger partial charge on any atom is -0.385 e. The van der Waals surface area contributed by atoms with Crippen LogP contribution in [0.15, 0.2) is 0 Å². The van der Waals surface area contributed by atoms with Gasteiger partial charge in [0.1, 0.15) is 0 Å². The van der Waals surface area contributed by atoms with Crippen molar-refractivity contribution in [2.75, 3.05) is 33.4 Å². The van der Waals surface area contributed by atoms with Gasteiger partial charge >= 0.3 is 0 Å². The Morgan fingerprint density at radius 2 is 2.00 bits per heavy atom. The highest BCUT2D eigenvalue weighted by Crippen LogP contribution is 2.35. The number of likely N-dealkylation sites (N-methyl/N-ethyl adjacent to an activating group) is 1. The number of hydrogen-bond acceptors (Lipinski definition) is 3. The first-order valence-electron chi connectivity index (χ1n) is 7.12. The summed E-state index contributed by atoms with van der Waals surface area (Å²) in [5, 5.41) is 0. The largest absolute Gasteiger partial charge is 0.385 e. The standard InChI is InChI=1S/C14H30N2O/c1-4-16(10-5-11-17-3)14(12-15)8-6-13(2)7-9-14/h13H,4-12,15H2,1-3H3. The van der Waals surface area contributed by atoms with Crippen LogP contribution in [0.3, 0.4) is 0 Å². The van der Waals surface area contributed by atoms with E-state index in [2.05, 4.69) is 18.7 Å². The lowest BCUT2D eigenvalue weighted by Crippen LogP contribution is -2.56. The summed E-state index contributed by atoms with van der Waals surface area (Å²) < 4.78 is 5.15. The molecule has 1 aliphatic carbocycles. The molecule has 0 aliphatic heterocycles. The minimum absolute atomic E-state index is 0.273. The van der Waals surface area contributed by atoms with E-state index in [4.69, 9.17) is 10.5 Å². The average Bonchev–Trinajstić information content (AvgIpc) is 2.37. The van der Waals surface area contributed by atoms with Crippen molar-refractivity contribution in [3.8, 4) is 0 Å². The van der Waals surface area contributed by atoms with Crippen molar-refractivity contribution >= 4 is 0 Å². The van der Waals surface area contributed by atoms with Gasteiger partial charge in [0.15, 0.2) is 0 Å². The molecule has 0 heterocycles. The monoisotopic (exact) mass is 242 g/mol. The first kappa shape index (κ1) is 14.9. The molecule has 0 spiro atoms. The number of ether oxygens (including phenoxy) is 1. The third-order valence-electron chi connectivity index (χ3n) is 4.41. The van der Waals surface area contributed by atoms with Crippen molar-refractivity contribution in [1.82, 2.24) is 4.90 Å². The van der Waals surface area contributed by atoms with Gasteiger partial charge in [-0.15, -0.1) is 0 Å². The van der Waals surface area contributed by atoms with Crippen LogP contribution >= 0.6 is 0 Å². The third kappa shape index (κ3) is 3.94. The molecule has 0 aromatic carbocycles. The van der Waals surface area contributed by atoms with Gasteiger partial charge in [-0.3, -0.25) is 4.90 Å². The lowest BCUT2D eigenvalue weighted by Gasteiger charge is -2.47. The number of hydrogen-bond donors (Lipinski definition) is 1. The Labute approximate surface area is 107 Å². The van der Waals surface area contributed by atoms with Gasteiger partial charge in [-0.05, 0) is 44.6 Å². The van der Waals surface area contributed by atoms with Gasteiger partial charge in [0, 0.05) is 32.3 Å². The summed E-state index contributed by atoms with van der Waals surface area (Å²) in [4.78, 5) is 2.60. The van der Waals surface area contributed by atoms with E-state index in [9.17, 15) is 0 Å². The van der Waals surface area contributed by atoms with Gasteiger partial charge in [0.2, 0.25) is 0 Å². The Balaban J connectivity index is 2.55. The fraction of sp³-hybridized carbons (Fsp3) is 1.00. The molecular formula is C14H30N2O. The van der Waals surface area contributed by atoms with Crippen LogP contribution in [0.5, 0.6) is 0 Å². The normalized spacial score (nSPS) is 29.8. The first-order valence-corrected chi connectivity index (χ1v) is 7.12. The van der Waals surface area contributed by atoms with E-state index in [0.29, 0.717) is 0 Å². The molecule has 1 saturated carbocycles. The van der Waals surface area contributed by atoms with Crippen LogP contribution in [0.4, 0.5) is 0 Å². The second-order valence-electron chi connectivity index (χ2n) is 5.54. The summed E-state index contributed by atoms with van der Waals surface area (Å²) in [6.45, 7) is 8.50. The van der Waals surface area contributed by atoms with Crippen LogP contribution in [-0.4, -0.2) is 43.8 Å². The molecule has 102 valence electrons. The molecule has 1 rings (SSSR count). The third-order valence-corrected chi connectivity index (χ3v) is 4.41. The van der Waals surface area contributed by atoms with E-state index in [1.807, 2.05) is 0 Å². The molecule has 2 N–H and O–H groups in total. The van der Waals surface area contributed by atoms with E-state index in [0.717, 1.165) is 38.6 Å². The molecule has 1 aliphatic rings.